The van der Waals surface area contributed by atoms with Crippen molar-refractivity contribution >= 4 is 27.3 Å². The maximum atomic E-state index is 12.7. The summed E-state index contributed by atoms with van der Waals surface area (Å²) in [7, 11) is -2.38. The SMILES string of the molecule is COc1ccccc1CNC(=O)[C@H](C)N(c1cc([N+](=O)[O-])ccc1C)S(C)(=O)=O. The number of ether oxygens (including phenoxy) is 1. The van der Waals surface area contributed by atoms with Gasteiger partial charge in [0, 0.05) is 24.2 Å². The van der Waals surface area contributed by atoms with Gasteiger partial charge in [-0.25, -0.2) is 8.42 Å². The zero-order valence-corrected chi connectivity index (χ0v) is 17.4. The van der Waals surface area contributed by atoms with Crippen molar-refractivity contribution in [2.75, 3.05) is 17.7 Å². The van der Waals surface area contributed by atoms with Crippen LogP contribution in [0.3, 0.4) is 0 Å². The first-order valence-electron chi connectivity index (χ1n) is 8.70. The molecule has 9 nitrogen and oxygen atoms in total. The number of anilines is 1. The Balaban J connectivity index is 2.32. The minimum atomic E-state index is -3.90. The summed E-state index contributed by atoms with van der Waals surface area (Å²) in [6.45, 7) is 3.19. The summed E-state index contributed by atoms with van der Waals surface area (Å²) >= 11 is 0. The van der Waals surface area contributed by atoms with Gasteiger partial charge in [0.2, 0.25) is 15.9 Å². The van der Waals surface area contributed by atoms with Crippen molar-refractivity contribution in [2.45, 2.75) is 26.4 Å². The highest BCUT2D eigenvalue weighted by molar-refractivity contribution is 7.92. The van der Waals surface area contributed by atoms with Crippen LogP contribution >= 0.6 is 0 Å². The molecule has 0 spiro atoms. The van der Waals surface area contributed by atoms with Gasteiger partial charge in [0.15, 0.2) is 0 Å². The number of non-ortho nitro benzene ring substituents is 1. The van der Waals surface area contributed by atoms with Gasteiger partial charge in [-0.3, -0.25) is 19.2 Å². The minimum absolute atomic E-state index is 0.0849. The maximum Gasteiger partial charge on any atom is 0.271 e. The highest BCUT2D eigenvalue weighted by Crippen LogP contribution is 2.29. The number of methoxy groups -OCH3 is 1. The number of carbonyl (C=O) groups excluding carboxylic acids is 1. The highest BCUT2D eigenvalue weighted by Gasteiger charge is 2.31. The van der Waals surface area contributed by atoms with Gasteiger partial charge < -0.3 is 10.1 Å². The lowest BCUT2D eigenvalue weighted by Crippen LogP contribution is -2.48. The lowest BCUT2D eigenvalue weighted by Gasteiger charge is -2.29. The van der Waals surface area contributed by atoms with Crippen LogP contribution in [0, 0.1) is 17.0 Å². The molecule has 0 aromatic heterocycles. The molecule has 0 saturated carbocycles. The molecule has 1 amide bonds. The third kappa shape index (κ3) is 5.23. The average Bonchev–Trinajstić information content (AvgIpc) is 2.66. The molecular weight excluding hydrogens is 398 g/mol. The molecule has 156 valence electrons. The van der Waals surface area contributed by atoms with Gasteiger partial charge in [-0.1, -0.05) is 24.3 Å². The molecule has 2 rings (SSSR count). The number of amides is 1. The zero-order chi connectivity index (χ0) is 21.8. The summed E-state index contributed by atoms with van der Waals surface area (Å²) in [5.74, 6) is 0.0437. The quantitative estimate of drug-likeness (QED) is 0.516. The lowest BCUT2D eigenvalue weighted by atomic mass is 10.1. The molecule has 1 N–H and O–H groups in total. The van der Waals surface area contributed by atoms with Crippen molar-refractivity contribution in [3.05, 3.63) is 63.7 Å². The number of nitrogens with one attached hydrogen (secondary N) is 1. The summed E-state index contributed by atoms with van der Waals surface area (Å²) in [6, 6.07) is 9.88. The van der Waals surface area contributed by atoms with E-state index in [1.54, 1.807) is 31.2 Å². The van der Waals surface area contributed by atoms with Crippen LogP contribution in [0.25, 0.3) is 0 Å². The van der Waals surface area contributed by atoms with Crippen molar-refractivity contribution in [3.63, 3.8) is 0 Å². The summed E-state index contributed by atoms with van der Waals surface area (Å²) in [6.07, 6.45) is 0.954. The van der Waals surface area contributed by atoms with E-state index in [9.17, 15) is 23.3 Å². The van der Waals surface area contributed by atoms with Crippen LogP contribution in [-0.2, 0) is 21.4 Å². The number of nitro groups is 1. The van der Waals surface area contributed by atoms with Crippen LogP contribution in [0.1, 0.15) is 18.1 Å². The standard InChI is InChI=1S/C19H23N3O6S/c1-13-9-10-16(22(24)25)11-17(13)21(29(4,26)27)14(2)19(23)20-12-15-7-5-6-8-18(15)28-3/h5-11,14H,12H2,1-4H3,(H,20,23)/t14-/m0/s1. The Kier molecular flexibility index (Phi) is 6.80. The fourth-order valence-corrected chi connectivity index (χ4v) is 4.13. The molecule has 0 heterocycles. The number of sulfonamides is 1. The van der Waals surface area contributed by atoms with E-state index in [2.05, 4.69) is 5.32 Å². The predicted octanol–water partition coefficient (Wildman–Crippen LogP) is 2.38. The van der Waals surface area contributed by atoms with Gasteiger partial charge >= 0.3 is 0 Å². The highest BCUT2D eigenvalue weighted by atomic mass is 32.2. The minimum Gasteiger partial charge on any atom is -0.496 e. The molecule has 29 heavy (non-hydrogen) atoms. The second-order valence-electron chi connectivity index (χ2n) is 6.49. The van der Waals surface area contributed by atoms with Crippen LogP contribution in [0.4, 0.5) is 11.4 Å². The Morgan fingerprint density at radius 3 is 2.52 bits per heavy atom. The van der Waals surface area contributed by atoms with Crippen molar-refractivity contribution in [1.29, 1.82) is 0 Å². The normalized spacial score (nSPS) is 12.1. The molecule has 0 aliphatic heterocycles. The molecule has 0 fully saturated rings. The molecule has 0 bridgehead atoms. The lowest BCUT2D eigenvalue weighted by molar-refractivity contribution is -0.384. The molecule has 0 aliphatic rings. The number of para-hydroxylation sites is 1. The van der Waals surface area contributed by atoms with Gasteiger partial charge in [-0.05, 0) is 25.5 Å². The van der Waals surface area contributed by atoms with Gasteiger partial charge in [0.25, 0.3) is 5.69 Å². The number of nitro benzene ring substituents is 1. The molecule has 2 aromatic carbocycles. The fraction of sp³-hybridized carbons (Fsp3) is 0.316. The van der Waals surface area contributed by atoms with Gasteiger partial charge in [-0.15, -0.1) is 0 Å². The largest absolute Gasteiger partial charge is 0.496 e. The molecular formula is C19H23N3O6S. The monoisotopic (exact) mass is 421 g/mol. The number of carbonyl (C=O) groups is 1. The number of hydrogen-bond acceptors (Lipinski definition) is 6. The van der Waals surface area contributed by atoms with Crippen molar-refractivity contribution in [2.24, 2.45) is 0 Å². The Morgan fingerprint density at radius 2 is 1.93 bits per heavy atom. The van der Waals surface area contributed by atoms with E-state index in [1.807, 2.05) is 0 Å². The van der Waals surface area contributed by atoms with Gasteiger partial charge in [-0.2, -0.15) is 0 Å². The van der Waals surface area contributed by atoms with E-state index in [4.69, 9.17) is 4.74 Å². The van der Waals surface area contributed by atoms with E-state index in [1.165, 1.54) is 26.2 Å². The van der Waals surface area contributed by atoms with Crippen molar-refractivity contribution in [3.8, 4) is 5.75 Å². The number of aryl methyl sites for hydroxylation is 1. The average molecular weight is 421 g/mol. The van der Waals surface area contributed by atoms with Gasteiger partial charge in [0.05, 0.1) is 24.0 Å². The second kappa shape index (κ2) is 8.91. The number of nitrogens with zero attached hydrogens (tertiary/aromatic N) is 2. The van der Waals surface area contributed by atoms with E-state index < -0.39 is 26.9 Å². The Labute approximate surface area is 169 Å². The summed E-state index contributed by atoms with van der Waals surface area (Å²) < 4.78 is 31.0. The first-order valence-corrected chi connectivity index (χ1v) is 10.5. The maximum absolute atomic E-state index is 12.7. The molecule has 1 atom stereocenters. The second-order valence-corrected chi connectivity index (χ2v) is 8.35. The van der Waals surface area contributed by atoms with Crippen LogP contribution in [0.2, 0.25) is 0 Å². The van der Waals surface area contributed by atoms with Crippen LogP contribution in [-0.4, -0.2) is 38.7 Å². The summed E-state index contributed by atoms with van der Waals surface area (Å²) in [5, 5.41) is 13.8. The molecule has 0 radical (unpaired) electrons. The van der Waals surface area contributed by atoms with Crippen molar-refractivity contribution < 1.29 is 22.9 Å². The first-order chi connectivity index (χ1) is 13.6. The molecule has 2 aromatic rings. The first kappa shape index (κ1) is 22.2. The summed E-state index contributed by atoms with van der Waals surface area (Å²) in [5.41, 5.74) is 1.04. The van der Waals surface area contributed by atoms with E-state index in [-0.39, 0.29) is 17.9 Å². The molecule has 0 aliphatic carbocycles. The molecule has 0 saturated heterocycles. The number of benzene rings is 2. The Bertz CT molecular complexity index is 1020. The molecule has 0 unspecified atom stereocenters. The summed E-state index contributed by atoms with van der Waals surface area (Å²) in [4.78, 5) is 23.2. The van der Waals surface area contributed by atoms with E-state index in [0.717, 1.165) is 22.2 Å². The Hall–Kier alpha value is -3.14. The van der Waals surface area contributed by atoms with E-state index >= 15 is 0 Å². The van der Waals surface area contributed by atoms with Crippen LogP contribution < -0.4 is 14.4 Å². The third-order valence-corrected chi connectivity index (χ3v) is 5.60. The van der Waals surface area contributed by atoms with E-state index in [0.29, 0.717) is 11.3 Å². The zero-order valence-electron chi connectivity index (χ0n) is 16.6. The Morgan fingerprint density at radius 1 is 1.28 bits per heavy atom. The predicted molar refractivity (Wildman–Crippen MR) is 109 cm³/mol. The third-order valence-electron chi connectivity index (χ3n) is 4.38. The topological polar surface area (TPSA) is 119 Å². The van der Waals surface area contributed by atoms with Crippen LogP contribution in [0.15, 0.2) is 42.5 Å². The smallest absolute Gasteiger partial charge is 0.271 e. The fourth-order valence-electron chi connectivity index (χ4n) is 2.91. The molecule has 10 heteroatoms. The number of hydrogen-bond donors (Lipinski definition) is 1. The van der Waals surface area contributed by atoms with Gasteiger partial charge in [0.1, 0.15) is 11.8 Å². The van der Waals surface area contributed by atoms with Crippen LogP contribution in [0.5, 0.6) is 5.75 Å². The van der Waals surface area contributed by atoms with Crippen molar-refractivity contribution in [1.82, 2.24) is 5.32 Å². The number of rotatable bonds is 8.